The molecule has 0 aliphatic rings. The Labute approximate surface area is 120 Å². The Morgan fingerprint density at radius 2 is 2.00 bits per heavy atom. The molecule has 0 saturated heterocycles. The van der Waals surface area contributed by atoms with Crippen LogP contribution in [0.2, 0.25) is 0 Å². The average Bonchev–Trinajstić information content (AvgIpc) is 2.73. The molecule has 0 radical (unpaired) electrons. The van der Waals surface area contributed by atoms with Gasteiger partial charge in [-0.3, -0.25) is 10.1 Å². The van der Waals surface area contributed by atoms with E-state index in [1.165, 1.54) is 19.2 Å². The van der Waals surface area contributed by atoms with Gasteiger partial charge in [0.15, 0.2) is 0 Å². The molecule has 0 spiro atoms. The van der Waals surface area contributed by atoms with Crippen LogP contribution in [0.1, 0.15) is 21.9 Å². The van der Waals surface area contributed by atoms with E-state index < -0.39 is 10.9 Å². The zero-order valence-corrected chi connectivity index (χ0v) is 11.8. The molecule has 0 unspecified atom stereocenters. The SMILES string of the molecule is COC(=O)c1c(C)oc(C)c1-c1ccc(N)c([N+](=O)[O-])c1. The number of furan rings is 1. The van der Waals surface area contributed by atoms with Crippen LogP contribution in [0, 0.1) is 24.0 Å². The number of carbonyl (C=O) groups excluding carboxylic acids is 1. The highest BCUT2D eigenvalue weighted by atomic mass is 16.6. The maximum Gasteiger partial charge on any atom is 0.342 e. The van der Waals surface area contributed by atoms with Crippen molar-refractivity contribution in [3.05, 3.63) is 45.4 Å². The Morgan fingerprint density at radius 1 is 1.33 bits per heavy atom. The lowest BCUT2D eigenvalue weighted by atomic mass is 9.99. The molecule has 2 rings (SSSR count). The fourth-order valence-corrected chi connectivity index (χ4v) is 2.24. The Balaban J connectivity index is 2.70. The van der Waals surface area contributed by atoms with Gasteiger partial charge in [-0.05, 0) is 25.5 Å². The quantitative estimate of drug-likeness (QED) is 0.403. The summed E-state index contributed by atoms with van der Waals surface area (Å²) < 4.78 is 10.2. The second-order valence-corrected chi connectivity index (χ2v) is 4.49. The van der Waals surface area contributed by atoms with Crippen molar-refractivity contribution < 1.29 is 18.9 Å². The number of nitrogen functional groups attached to an aromatic ring is 1. The number of nitrogens with two attached hydrogens (primary N) is 1. The minimum atomic E-state index is -0.571. The number of methoxy groups -OCH3 is 1. The monoisotopic (exact) mass is 290 g/mol. The minimum absolute atomic E-state index is 0.0567. The molecule has 0 fully saturated rings. The molecule has 110 valence electrons. The molecule has 1 aromatic carbocycles. The summed E-state index contributed by atoms with van der Waals surface area (Å²) in [6, 6.07) is 4.35. The van der Waals surface area contributed by atoms with Gasteiger partial charge in [-0.1, -0.05) is 6.07 Å². The van der Waals surface area contributed by atoms with Gasteiger partial charge in [0.2, 0.25) is 0 Å². The van der Waals surface area contributed by atoms with E-state index in [1.807, 2.05) is 0 Å². The summed E-state index contributed by atoms with van der Waals surface area (Å²) in [7, 11) is 1.26. The number of esters is 1. The van der Waals surface area contributed by atoms with Gasteiger partial charge in [-0.2, -0.15) is 0 Å². The van der Waals surface area contributed by atoms with E-state index in [0.717, 1.165) is 0 Å². The number of nitrogens with zero attached hydrogens (tertiary/aromatic N) is 1. The molecule has 2 aromatic rings. The molecule has 21 heavy (non-hydrogen) atoms. The van der Waals surface area contributed by atoms with Crippen molar-refractivity contribution in [2.45, 2.75) is 13.8 Å². The van der Waals surface area contributed by atoms with Gasteiger partial charge < -0.3 is 14.9 Å². The van der Waals surface area contributed by atoms with Crippen molar-refractivity contribution in [1.29, 1.82) is 0 Å². The van der Waals surface area contributed by atoms with Crippen LogP contribution in [0.3, 0.4) is 0 Å². The number of benzene rings is 1. The normalized spacial score (nSPS) is 10.4. The third kappa shape index (κ3) is 2.45. The van der Waals surface area contributed by atoms with Gasteiger partial charge in [0.25, 0.3) is 5.69 Å². The largest absolute Gasteiger partial charge is 0.465 e. The first-order valence-corrected chi connectivity index (χ1v) is 6.09. The fraction of sp³-hybridized carbons (Fsp3) is 0.214. The number of anilines is 1. The number of aryl methyl sites for hydroxylation is 2. The lowest BCUT2D eigenvalue weighted by molar-refractivity contribution is -0.383. The molecule has 1 aromatic heterocycles. The van der Waals surface area contributed by atoms with Crippen molar-refractivity contribution in [3.63, 3.8) is 0 Å². The minimum Gasteiger partial charge on any atom is -0.465 e. The standard InChI is InChI=1S/C14H14N2O5/c1-7-12(13(8(2)21-7)14(17)20-3)9-4-5-10(15)11(6-9)16(18)19/h4-6H,15H2,1-3H3. The van der Waals surface area contributed by atoms with Crippen LogP contribution < -0.4 is 5.73 Å². The highest BCUT2D eigenvalue weighted by Crippen LogP contribution is 2.36. The lowest BCUT2D eigenvalue weighted by Crippen LogP contribution is -2.04. The van der Waals surface area contributed by atoms with E-state index in [9.17, 15) is 14.9 Å². The second kappa shape index (κ2) is 5.28. The van der Waals surface area contributed by atoms with Crippen LogP contribution in [-0.4, -0.2) is 18.0 Å². The van der Waals surface area contributed by atoms with Gasteiger partial charge >= 0.3 is 5.97 Å². The Morgan fingerprint density at radius 3 is 2.57 bits per heavy atom. The van der Waals surface area contributed by atoms with E-state index >= 15 is 0 Å². The number of hydrogen-bond donors (Lipinski definition) is 1. The maximum absolute atomic E-state index is 11.9. The first kappa shape index (κ1) is 14.6. The van der Waals surface area contributed by atoms with Gasteiger partial charge in [0.1, 0.15) is 22.8 Å². The van der Waals surface area contributed by atoms with Crippen molar-refractivity contribution in [2.75, 3.05) is 12.8 Å². The topological polar surface area (TPSA) is 109 Å². The van der Waals surface area contributed by atoms with E-state index in [1.54, 1.807) is 19.9 Å². The molecule has 7 nitrogen and oxygen atoms in total. The van der Waals surface area contributed by atoms with Crippen molar-refractivity contribution >= 4 is 17.3 Å². The predicted octanol–water partition coefficient (Wildman–Crippen LogP) is 2.84. The molecule has 0 aliphatic heterocycles. The van der Waals surface area contributed by atoms with Gasteiger partial charge in [-0.15, -0.1) is 0 Å². The summed E-state index contributed by atoms with van der Waals surface area (Å²) >= 11 is 0. The Kier molecular flexibility index (Phi) is 3.66. The summed E-state index contributed by atoms with van der Waals surface area (Å²) in [5, 5.41) is 11.0. The molecule has 1 heterocycles. The highest BCUT2D eigenvalue weighted by molar-refractivity contribution is 5.99. The summed E-state index contributed by atoms with van der Waals surface area (Å²) in [4.78, 5) is 22.3. The summed E-state index contributed by atoms with van der Waals surface area (Å²) in [6.45, 7) is 3.31. The summed E-state index contributed by atoms with van der Waals surface area (Å²) in [6.07, 6.45) is 0. The average molecular weight is 290 g/mol. The smallest absolute Gasteiger partial charge is 0.342 e. The predicted molar refractivity (Wildman–Crippen MR) is 76.0 cm³/mol. The Hall–Kier alpha value is -2.83. The Bertz CT molecular complexity index is 733. The van der Waals surface area contributed by atoms with Crippen molar-refractivity contribution in [1.82, 2.24) is 0 Å². The third-order valence-corrected chi connectivity index (χ3v) is 3.17. The number of nitro benzene ring substituents is 1. The summed E-state index contributed by atoms with van der Waals surface area (Å²) in [5.74, 6) is 0.319. The van der Waals surface area contributed by atoms with Crippen molar-refractivity contribution in [3.8, 4) is 11.1 Å². The number of ether oxygens (including phenoxy) is 1. The van der Waals surface area contributed by atoms with E-state index in [-0.39, 0.29) is 16.9 Å². The zero-order chi connectivity index (χ0) is 15.7. The second-order valence-electron chi connectivity index (χ2n) is 4.49. The molecule has 0 aliphatic carbocycles. The van der Waals surface area contributed by atoms with Crippen molar-refractivity contribution in [2.24, 2.45) is 0 Å². The van der Waals surface area contributed by atoms with Crippen LogP contribution in [-0.2, 0) is 4.74 Å². The van der Waals surface area contributed by atoms with E-state index in [2.05, 4.69) is 0 Å². The highest BCUT2D eigenvalue weighted by Gasteiger charge is 2.25. The van der Waals surface area contributed by atoms with Gasteiger partial charge in [0, 0.05) is 11.6 Å². The number of rotatable bonds is 3. The number of nitro groups is 1. The molecular formula is C14H14N2O5. The fourth-order valence-electron chi connectivity index (χ4n) is 2.24. The first-order chi connectivity index (χ1) is 9.86. The first-order valence-electron chi connectivity index (χ1n) is 6.09. The molecule has 0 saturated carbocycles. The molecule has 0 atom stereocenters. The maximum atomic E-state index is 11.9. The molecule has 7 heteroatoms. The summed E-state index contributed by atoms with van der Waals surface area (Å²) in [5.41, 5.74) is 6.63. The lowest BCUT2D eigenvalue weighted by Gasteiger charge is -2.05. The number of carbonyl (C=O) groups is 1. The van der Waals surface area contributed by atoms with Crippen LogP contribution >= 0.6 is 0 Å². The number of hydrogen-bond acceptors (Lipinski definition) is 6. The molecule has 0 amide bonds. The molecule has 2 N–H and O–H groups in total. The van der Waals surface area contributed by atoms with E-state index in [0.29, 0.717) is 22.6 Å². The van der Waals surface area contributed by atoms with Gasteiger partial charge in [-0.25, -0.2) is 4.79 Å². The van der Waals surface area contributed by atoms with Crippen LogP contribution in [0.15, 0.2) is 22.6 Å². The van der Waals surface area contributed by atoms with Crippen LogP contribution in [0.5, 0.6) is 0 Å². The van der Waals surface area contributed by atoms with Crippen LogP contribution in [0.25, 0.3) is 11.1 Å². The molecular weight excluding hydrogens is 276 g/mol. The van der Waals surface area contributed by atoms with Crippen LogP contribution in [0.4, 0.5) is 11.4 Å². The van der Waals surface area contributed by atoms with E-state index in [4.69, 9.17) is 14.9 Å². The van der Waals surface area contributed by atoms with Gasteiger partial charge in [0.05, 0.1) is 12.0 Å². The zero-order valence-electron chi connectivity index (χ0n) is 11.8. The molecule has 0 bridgehead atoms. The third-order valence-electron chi connectivity index (χ3n) is 3.17.